The van der Waals surface area contributed by atoms with E-state index in [1.165, 1.54) is 12.5 Å². The van der Waals surface area contributed by atoms with Gasteiger partial charge < -0.3 is 10.5 Å². The molecule has 62 valence electrons. The van der Waals surface area contributed by atoms with Crippen molar-refractivity contribution in [2.75, 3.05) is 12.8 Å². The molecule has 0 saturated heterocycles. The Morgan fingerprint density at radius 1 is 1.83 bits per heavy atom. The minimum atomic E-state index is -0.501. The summed E-state index contributed by atoms with van der Waals surface area (Å²) in [5.41, 5.74) is 6.00. The maximum absolute atomic E-state index is 11.0. The first kappa shape index (κ1) is 8.56. The van der Waals surface area contributed by atoms with Gasteiger partial charge in [0, 0.05) is 5.38 Å². The minimum Gasteiger partial charge on any atom is -0.465 e. The van der Waals surface area contributed by atoms with Crippen molar-refractivity contribution in [3.63, 3.8) is 0 Å². The first-order chi connectivity index (χ1) is 5.70. The van der Waals surface area contributed by atoms with E-state index >= 15 is 0 Å². The van der Waals surface area contributed by atoms with Gasteiger partial charge in [-0.05, 0) is 0 Å². The van der Waals surface area contributed by atoms with E-state index in [-0.39, 0.29) is 10.6 Å². The highest BCUT2D eigenvalue weighted by atomic mass is 32.1. The van der Waals surface area contributed by atoms with Crippen molar-refractivity contribution < 1.29 is 9.53 Å². The number of anilines is 1. The lowest BCUT2D eigenvalue weighted by Gasteiger charge is -1.95. The number of nitrogens with zero attached hydrogens (tertiary/aromatic N) is 1. The molecule has 2 N–H and O–H groups in total. The third kappa shape index (κ3) is 1.24. The Kier molecular flexibility index (Phi) is 2.31. The van der Waals surface area contributed by atoms with Crippen molar-refractivity contribution in [1.29, 1.82) is 5.26 Å². The number of hydrogen-bond acceptors (Lipinski definition) is 5. The molecule has 0 aliphatic rings. The molecule has 1 aromatic heterocycles. The fourth-order valence-electron chi connectivity index (χ4n) is 0.704. The van der Waals surface area contributed by atoms with Crippen molar-refractivity contribution in [2.24, 2.45) is 0 Å². The lowest BCUT2D eigenvalue weighted by atomic mass is 10.3. The van der Waals surface area contributed by atoms with Crippen LogP contribution in [0.5, 0.6) is 0 Å². The van der Waals surface area contributed by atoms with Crippen LogP contribution < -0.4 is 5.73 Å². The summed E-state index contributed by atoms with van der Waals surface area (Å²) in [6.07, 6.45) is 0. The number of carbonyl (C=O) groups excluding carboxylic acids is 1. The molecule has 0 aromatic carbocycles. The number of esters is 1. The zero-order valence-corrected chi connectivity index (χ0v) is 7.14. The minimum absolute atomic E-state index is 0.203. The first-order valence-electron chi connectivity index (χ1n) is 3.06. The second kappa shape index (κ2) is 3.24. The Morgan fingerprint density at radius 2 is 2.50 bits per heavy atom. The molecule has 0 aliphatic carbocycles. The second-order valence-corrected chi connectivity index (χ2v) is 2.88. The number of nitrogens with two attached hydrogens (primary N) is 1. The van der Waals surface area contributed by atoms with Gasteiger partial charge >= 0.3 is 5.97 Å². The van der Waals surface area contributed by atoms with E-state index in [1.54, 1.807) is 0 Å². The Hall–Kier alpha value is -1.54. The third-order valence-electron chi connectivity index (χ3n) is 1.32. The molecule has 12 heavy (non-hydrogen) atoms. The first-order valence-corrected chi connectivity index (χ1v) is 3.94. The van der Waals surface area contributed by atoms with Gasteiger partial charge in [0.25, 0.3) is 0 Å². The molecule has 0 aliphatic heterocycles. The number of ether oxygens (including phenoxy) is 1. The highest BCUT2D eigenvalue weighted by molar-refractivity contribution is 7.12. The van der Waals surface area contributed by atoms with Crippen molar-refractivity contribution in [3.8, 4) is 6.07 Å². The number of methoxy groups -OCH3 is 1. The maximum atomic E-state index is 11.0. The van der Waals surface area contributed by atoms with E-state index in [9.17, 15) is 4.79 Å². The number of hydrogen-bond donors (Lipinski definition) is 1. The number of rotatable bonds is 1. The standard InChI is InChI=1S/C7H6N2O2S/c1-11-7(10)6-5(9)4(2-8)3-12-6/h3H,9H2,1H3. The Bertz CT molecular complexity index is 351. The van der Waals surface area contributed by atoms with Gasteiger partial charge in [-0.2, -0.15) is 5.26 Å². The van der Waals surface area contributed by atoms with Crippen molar-refractivity contribution in [3.05, 3.63) is 15.8 Å². The van der Waals surface area contributed by atoms with Crippen LogP contribution in [-0.4, -0.2) is 13.1 Å². The fraction of sp³-hybridized carbons (Fsp3) is 0.143. The second-order valence-electron chi connectivity index (χ2n) is 2.00. The van der Waals surface area contributed by atoms with Crippen LogP contribution in [0.25, 0.3) is 0 Å². The van der Waals surface area contributed by atoms with Crippen LogP contribution in [0, 0.1) is 11.3 Å². The smallest absolute Gasteiger partial charge is 0.350 e. The molecule has 1 rings (SSSR count). The van der Waals surface area contributed by atoms with Crippen LogP contribution in [0.2, 0.25) is 0 Å². The van der Waals surface area contributed by atoms with E-state index in [1.807, 2.05) is 6.07 Å². The van der Waals surface area contributed by atoms with E-state index in [0.717, 1.165) is 11.3 Å². The molecule has 0 bridgehead atoms. The van der Waals surface area contributed by atoms with E-state index in [2.05, 4.69) is 4.74 Å². The molecule has 0 amide bonds. The van der Waals surface area contributed by atoms with Crippen molar-refractivity contribution >= 4 is 23.0 Å². The summed E-state index contributed by atoms with van der Waals surface area (Å²) in [4.78, 5) is 11.2. The van der Waals surface area contributed by atoms with Crippen LogP contribution in [-0.2, 0) is 4.74 Å². The maximum Gasteiger partial charge on any atom is 0.350 e. The highest BCUT2D eigenvalue weighted by Gasteiger charge is 2.15. The lowest BCUT2D eigenvalue weighted by molar-refractivity contribution is 0.0607. The number of carbonyl (C=O) groups is 1. The van der Waals surface area contributed by atoms with Gasteiger partial charge in [-0.3, -0.25) is 0 Å². The number of nitriles is 1. The van der Waals surface area contributed by atoms with E-state index in [0.29, 0.717) is 5.56 Å². The summed E-state index contributed by atoms with van der Waals surface area (Å²) in [7, 11) is 1.27. The van der Waals surface area contributed by atoms with Crippen LogP contribution in [0.15, 0.2) is 5.38 Å². The van der Waals surface area contributed by atoms with Crippen LogP contribution in [0.4, 0.5) is 5.69 Å². The molecule has 0 spiro atoms. The van der Waals surface area contributed by atoms with Gasteiger partial charge in [0.2, 0.25) is 0 Å². The summed E-state index contributed by atoms with van der Waals surface area (Å²) < 4.78 is 4.46. The predicted molar refractivity (Wildman–Crippen MR) is 44.8 cm³/mol. The molecule has 0 saturated carbocycles. The quantitative estimate of drug-likeness (QED) is 0.657. The van der Waals surface area contributed by atoms with Gasteiger partial charge in [-0.25, -0.2) is 4.79 Å². The fourth-order valence-corrected chi connectivity index (χ4v) is 1.54. The summed E-state index contributed by atoms with van der Waals surface area (Å²) in [5.74, 6) is -0.501. The van der Waals surface area contributed by atoms with Crippen LogP contribution in [0.1, 0.15) is 15.2 Å². The molecule has 0 fully saturated rings. The van der Waals surface area contributed by atoms with Crippen LogP contribution in [0.3, 0.4) is 0 Å². The molecular weight excluding hydrogens is 176 g/mol. The number of thiophene rings is 1. The van der Waals surface area contributed by atoms with E-state index < -0.39 is 5.97 Å². The van der Waals surface area contributed by atoms with Gasteiger partial charge in [-0.1, -0.05) is 0 Å². The van der Waals surface area contributed by atoms with Crippen molar-refractivity contribution in [2.45, 2.75) is 0 Å². The normalized spacial score (nSPS) is 9.00. The zero-order chi connectivity index (χ0) is 9.14. The SMILES string of the molecule is COC(=O)c1scc(C#N)c1N. The molecule has 1 aromatic rings. The van der Waals surface area contributed by atoms with E-state index in [4.69, 9.17) is 11.0 Å². The molecule has 0 atom stereocenters. The average molecular weight is 182 g/mol. The van der Waals surface area contributed by atoms with Gasteiger partial charge in [0.1, 0.15) is 10.9 Å². The molecule has 0 unspecified atom stereocenters. The lowest BCUT2D eigenvalue weighted by Crippen LogP contribution is -2.02. The molecular formula is C7H6N2O2S. The van der Waals surface area contributed by atoms with Crippen molar-refractivity contribution in [1.82, 2.24) is 0 Å². The Morgan fingerprint density at radius 3 is 2.92 bits per heavy atom. The molecule has 5 heteroatoms. The zero-order valence-electron chi connectivity index (χ0n) is 6.33. The predicted octanol–water partition coefficient (Wildman–Crippen LogP) is 0.989. The molecule has 4 nitrogen and oxygen atoms in total. The Balaban J connectivity index is 3.12. The summed E-state index contributed by atoms with van der Waals surface area (Å²) >= 11 is 1.11. The number of nitrogen functional groups attached to an aromatic ring is 1. The summed E-state index contributed by atoms with van der Waals surface area (Å²) in [5, 5.41) is 10.0. The topological polar surface area (TPSA) is 76.1 Å². The van der Waals surface area contributed by atoms with Gasteiger partial charge in [0.05, 0.1) is 18.4 Å². The highest BCUT2D eigenvalue weighted by Crippen LogP contribution is 2.24. The van der Waals surface area contributed by atoms with Gasteiger partial charge in [0.15, 0.2) is 0 Å². The van der Waals surface area contributed by atoms with Gasteiger partial charge in [-0.15, -0.1) is 11.3 Å². The largest absolute Gasteiger partial charge is 0.465 e. The third-order valence-corrected chi connectivity index (χ3v) is 2.30. The molecule has 1 heterocycles. The monoisotopic (exact) mass is 182 g/mol. The molecule has 0 radical (unpaired) electrons. The summed E-state index contributed by atoms with van der Waals surface area (Å²) in [6, 6.07) is 1.87. The van der Waals surface area contributed by atoms with Crippen LogP contribution >= 0.6 is 11.3 Å². The summed E-state index contributed by atoms with van der Waals surface area (Å²) in [6.45, 7) is 0. The average Bonchev–Trinajstić information content (AvgIpc) is 2.45. The Labute approximate surface area is 73.2 Å².